The summed E-state index contributed by atoms with van der Waals surface area (Å²) >= 11 is 0. The molecule has 128 valence electrons. The molecular formula is C17H21N3O4. The third-order valence-corrected chi connectivity index (χ3v) is 3.26. The van der Waals surface area contributed by atoms with Crippen molar-refractivity contribution in [3.8, 4) is 0 Å². The van der Waals surface area contributed by atoms with Crippen LogP contribution >= 0.6 is 0 Å². The summed E-state index contributed by atoms with van der Waals surface area (Å²) in [5.74, 6) is -0.336. The number of aromatic carboxylic acids is 1. The molecule has 0 aliphatic carbocycles. The van der Waals surface area contributed by atoms with Gasteiger partial charge in [-0.05, 0) is 45.0 Å². The third-order valence-electron chi connectivity index (χ3n) is 3.26. The van der Waals surface area contributed by atoms with Crippen LogP contribution < -0.4 is 4.90 Å². The van der Waals surface area contributed by atoms with Crippen molar-refractivity contribution in [3.63, 3.8) is 0 Å². The first-order valence-corrected chi connectivity index (χ1v) is 7.47. The number of aryl methyl sites for hydroxylation is 1. The monoisotopic (exact) mass is 331 g/mol. The maximum atomic E-state index is 12.6. The smallest absolute Gasteiger partial charge is 0.415 e. The highest BCUT2D eigenvalue weighted by atomic mass is 16.6. The number of carbonyl (C=O) groups excluding carboxylic acids is 1. The van der Waals surface area contributed by atoms with Crippen LogP contribution in [-0.4, -0.2) is 32.3 Å². The highest BCUT2D eigenvalue weighted by Gasteiger charge is 2.25. The Kier molecular flexibility index (Phi) is 4.92. The predicted molar refractivity (Wildman–Crippen MR) is 89.0 cm³/mol. The minimum Gasteiger partial charge on any atom is -0.478 e. The third kappa shape index (κ3) is 4.34. The van der Waals surface area contributed by atoms with Crippen LogP contribution in [0.15, 0.2) is 36.7 Å². The zero-order valence-electron chi connectivity index (χ0n) is 14.2. The van der Waals surface area contributed by atoms with E-state index in [1.807, 2.05) is 11.6 Å². The van der Waals surface area contributed by atoms with Crippen molar-refractivity contribution >= 4 is 17.7 Å². The van der Waals surface area contributed by atoms with Crippen LogP contribution in [0.2, 0.25) is 0 Å². The van der Waals surface area contributed by atoms with Crippen LogP contribution in [0, 0.1) is 0 Å². The molecule has 2 rings (SSSR count). The molecule has 0 saturated heterocycles. The van der Waals surface area contributed by atoms with Crippen molar-refractivity contribution in [2.45, 2.75) is 32.9 Å². The molecule has 1 amide bonds. The first kappa shape index (κ1) is 17.5. The second kappa shape index (κ2) is 6.74. The minimum absolute atomic E-state index is 0.153. The van der Waals surface area contributed by atoms with Gasteiger partial charge in [0.2, 0.25) is 0 Å². The number of ether oxygens (including phenoxy) is 1. The van der Waals surface area contributed by atoms with E-state index >= 15 is 0 Å². The van der Waals surface area contributed by atoms with Crippen molar-refractivity contribution in [2.75, 3.05) is 4.90 Å². The zero-order valence-corrected chi connectivity index (χ0v) is 14.2. The van der Waals surface area contributed by atoms with E-state index in [4.69, 9.17) is 9.84 Å². The van der Waals surface area contributed by atoms with E-state index in [-0.39, 0.29) is 12.1 Å². The van der Waals surface area contributed by atoms with E-state index in [1.54, 1.807) is 45.3 Å². The molecular weight excluding hydrogens is 310 g/mol. The number of benzene rings is 1. The van der Waals surface area contributed by atoms with Crippen molar-refractivity contribution < 1.29 is 19.4 Å². The number of hydrogen-bond donors (Lipinski definition) is 1. The fourth-order valence-corrected chi connectivity index (χ4v) is 2.05. The number of aromatic nitrogens is 2. The number of carboxylic acid groups (broad SMARTS) is 1. The fourth-order valence-electron chi connectivity index (χ4n) is 2.05. The molecule has 7 nitrogen and oxygen atoms in total. The van der Waals surface area contributed by atoms with Gasteiger partial charge in [-0.2, -0.15) is 0 Å². The maximum Gasteiger partial charge on any atom is 0.415 e. The first-order valence-electron chi connectivity index (χ1n) is 7.47. The molecule has 1 heterocycles. The lowest BCUT2D eigenvalue weighted by Gasteiger charge is -2.27. The van der Waals surface area contributed by atoms with Gasteiger partial charge in [0.1, 0.15) is 11.4 Å². The van der Waals surface area contributed by atoms with E-state index in [9.17, 15) is 9.59 Å². The average Bonchev–Trinajstić information content (AvgIpc) is 2.88. The summed E-state index contributed by atoms with van der Waals surface area (Å²) in [5.41, 5.74) is 0.0509. The van der Waals surface area contributed by atoms with Crippen LogP contribution in [0.25, 0.3) is 0 Å². The second-order valence-corrected chi connectivity index (χ2v) is 6.37. The normalized spacial score (nSPS) is 11.2. The molecule has 1 aromatic carbocycles. The van der Waals surface area contributed by atoms with Gasteiger partial charge in [-0.3, -0.25) is 4.90 Å². The van der Waals surface area contributed by atoms with Crippen molar-refractivity contribution in [2.24, 2.45) is 7.05 Å². The molecule has 0 aliphatic heterocycles. The standard InChI is InChI=1S/C17H21N3O4/c1-17(2,3)24-16(23)20(11-14-18-9-10-19(14)4)13-7-5-12(6-8-13)15(21)22/h5-10H,11H2,1-4H3,(H,21,22). The topological polar surface area (TPSA) is 84.7 Å². The van der Waals surface area contributed by atoms with E-state index in [1.165, 1.54) is 17.0 Å². The molecule has 1 N–H and O–H groups in total. The highest BCUT2D eigenvalue weighted by Crippen LogP contribution is 2.21. The Morgan fingerprint density at radius 2 is 1.88 bits per heavy atom. The Hall–Kier alpha value is -2.83. The van der Waals surface area contributed by atoms with Gasteiger partial charge in [-0.25, -0.2) is 14.6 Å². The van der Waals surface area contributed by atoms with E-state index < -0.39 is 17.7 Å². The summed E-state index contributed by atoms with van der Waals surface area (Å²) in [6.07, 6.45) is 2.92. The van der Waals surface area contributed by atoms with Crippen molar-refractivity contribution in [3.05, 3.63) is 48.0 Å². The summed E-state index contributed by atoms with van der Waals surface area (Å²) in [4.78, 5) is 29.2. The van der Waals surface area contributed by atoms with Crippen molar-refractivity contribution in [1.82, 2.24) is 9.55 Å². The number of hydrogen-bond acceptors (Lipinski definition) is 4. The molecule has 7 heteroatoms. The van der Waals surface area contributed by atoms with Gasteiger partial charge in [0, 0.05) is 25.1 Å². The SMILES string of the molecule is Cn1ccnc1CN(C(=O)OC(C)(C)C)c1ccc(C(=O)O)cc1. The van der Waals surface area contributed by atoms with E-state index in [0.29, 0.717) is 11.5 Å². The second-order valence-electron chi connectivity index (χ2n) is 6.37. The summed E-state index contributed by atoms with van der Waals surface area (Å²) in [6, 6.07) is 6.06. The van der Waals surface area contributed by atoms with E-state index in [2.05, 4.69) is 4.98 Å². The number of amides is 1. The lowest BCUT2D eigenvalue weighted by atomic mass is 10.2. The van der Waals surface area contributed by atoms with Crippen LogP contribution in [0.3, 0.4) is 0 Å². The first-order chi connectivity index (χ1) is 11.2. The van der Waals surface area contributed by atoms with Gasteiger partial charge in [0.15, 0.2) is 0 Å². The molecule has 0 bridgehead atoms. The van der Waals surface area contributed by atoms with Gasteiger partial charge < -0.3 is 14.4 Å². The number of rotatable bonds is 4. The summed E-state index contributed by atoms with van der Waals surface area (Å²) < 4.78 is 7.26. The van der Waals surface area contributed by atoms with E-state index in [0.717, 1.165) is 0 Å². The Labute approximate surface area is 140 Å². The van der Waals surface area contributed by atoms with Crippen LogP contribution in [0.5, 0.6) is 0 Å². The quantitative estimate of drug-likeness (QED) is 0.930. The number of carbonyl (C=O) groups is 2. The molecule has 0 saturated carbocycles. The van der Waals surface area contributed by atoms with Crippen LogP contribution in [0.4, 0.5) is 10.5 Å². The molecule has 0 unspecified atom stereocenters. The van der Waals surface area contributed by atoms with Gasteiger partial charge in [-0.1, -0.05) is 0 Å². The Morgan fingerprint density at radius 1 is 1.25 bits per heavy atom. The molecule has 0 atom stereocenters. The van der Waals surface area contributed by atoms with Gasteiger partial charge >= 0.3 is 12.1 Å². The molecule has 0 radical (unpaired) electrons. The predicted octanol–water partition coefficient (Wildman–Crippen LogP) is 3.06. The van der Waals surface area contributed by atoms with Crippen LogP contribution in [0.1, 0.15) is 37.0 Å². The highest BCUT2D eigenvalue weighted by molar-refractivity contribution is 5.91. The molecule has 2 aromatic rings. The number of carboxylic acids is 1. The Balaban J connectivity index is 2.32. The lowest BCUT2D eigenvalue weighted by Crippen LogP contribution is -2.37. The zero-order chi connectivity index (χ0) is 17.9. The molecule has 0 fully saturated rings. The maximum absolute atomic E-state index is 12.6. The average molecular weight is 331 g/mol. The summed E-state index contributed by atoms with van der Waals surface area (Å²) in [5, 5.41) is 9.00. The minimum atomic E-state index is -1.02. The lowest BCUT2D eigenvalue weighted by molar-refractivity contribution is 0.0576. The van der Waals surface area contributed by atoms with Crippen LogP contribution in [-0.2, 0) is 18.3 Å². The molecule has 0 aliphatic rings. The van der Waals surface area contributed by atoms with Gasteiger partial charge in [0.25, 0.3) is 0 Å². The van der Waals surface area contributed by atoms with Gasteiger partial charge in [-0.15, -0.1) is 0 Å². The number of nitrogens with zero attached hydrogens (tertiary/aromatic N) is 3. The largest absolute Gasteiger partial charge is 0.478 e. The fraction of sp³-hybridized carbons (Fsp3) is 0.353. The van der Waals surface area contributed by atoms with Gasteiger partial charge in [0.05, 0.1) is 12.1 Å². The molecule has 0 spiro atoms. The number of anilines is 1. The van der Waals surface area contributed by atoms with Crippen molar-refractivity contribution in [1.29, 1.82) is 0 Å². The molecule has 24 heavy (non-hydrogen) atoms. The Morgan fingerprint density at radius 3 is 2.33 bits per heavy atom. The summed E-state index contributed by atoms with van der Waals surface area (Å²) in [6.45, 7) is 5.58. The Bertz CT molecular complexity index is 729. The molecule has 1 aromatic heterocycles. The number of imidazole rings is 1. The summed E-state index contributed by atoms with van der Waals surface area (Å²) in [7, 11) is 1.84.